The lowest BCUT2D eigenvalue weighted by molar-refractivity contribution is -0.129. The summed E-state index contributed by atoms with van der Waals surface area (Å²) >= 11 is 1.66. The summed E-state index contributed by atoms with van der Waals surface area (Å²) < 4.78 is 5.90. The fourth-order valence-corrected chi connectivity index (χ4v) is 3.80. The summed E-state index contributed by atoms with van der Waals surface area (Å²) in [5.74, 6) is 1.54. The SMILES string of the molecule is CN(CC1Cc2ccccc2CO1)C(=O)CSCc1ccccc1. The van der Waals surface area contributed by atoms with E-state index in [1.807, 2.05) is 31.3 Å². The summed E-state index contributed by atoms with van der Waals surface area (Å²) in [6.45, 7) is 1.30. The lowest BCUT2D eigenvalue weighted by atomic mass is 9.99. The molecule has 126 valence electrons. The van der Waals surface area contributed by atoms with E-state index in [0.29, 0.717) is 18.9 Å². The zero-order chi connectivity index (χ0) is 16.8. The Balaban J connectivity index is 1.43. The first-order valence-corrected chi connectivity index (χ1v) is 9.42. The van der Waals surface area contributed by atoms with Gasteiger partial charge in [0.25, 0.3) is 0 Å². The highest BCUT2D eigenvalue weighted by molar-refractivity contribution is 7.99. The second kappa shape index (κ2) is 8.36. The van der Waals surface area contributed by atoms with Crippen molar-refractivity contribution in [2.75, 3.05) is 19.3 Å². The van der Waals surface area contributed by atoms with E-state index in [1.165, 1.54) is 16.7 Å². The molecule has 4 heteroatoms. The number of fused-ring (bicyclic) bond motifs is 1. The van der Waals surface area contributed by atoms with Crippen LogP contribution in [0.25, 0.3) is 0 Å². The lowest BCUT2D eigenvalue weighted by Gasteiger charge is -2.29. The molecule has 3 rings (SSSR count). The van der Waals surface area contributed by atoms with Gasteiger partial charge in [-0.15, -0.1) is 11.8 Å². The molecule has 0 saturated heterocycles. The van der Waals surface area contributed by atoms with E-state index in [1.54, 1.807) is 16.7 Å². The second-order valence-corrected chi connectivity index (χ2v) is 7.14. The molecule has 0 radical (unpaired) electrons. The van der Waals surface area contributed by atoms with Crippen molar-refractivity contribution in [2.45, 2.75) is 24.9 Å². The molecule has 1 heterocycles. The van der Waals surface area contributed by atoms with Crippen LogP contribution in [0, 0.1) is 0 Å². The Hall–Kier alpha value is -1.78. The van der Waals surface area contributed by atoms with E-state index in [-0.39, 0.29) is 12.0 Å². The summed E-state index contributed by atoms with van der Waals surface area (Å²) in [6.07, 6.45) is 0.971. The van der Waals surface area contributed by atoms with E-state index in [9.17, 15) is 4.79 Å². The number of carbonyl (C=O) groups excluding carboxylic acids is 1. The summed E-state index contributed by atoms with van der Waals surface area (Å²) in [5, 5.41) is 0. The Labute approximate surface area is 148 Å². The average molecular weight is 341 g/mol. The van der Waals surface area contributed by atoms with Gasteiger partial charge >= 0.3 is 0 Å². The van der Waals surface area contributed by atoms with Gasteiger partial charge in [0, 0.05) is 25.8 Å². The Morgan fingerprint density at radius 3 is 2.62 bits per heavy atom. The van der Waals surface area contributed by atoms with Gasteiger partial charge in [-0.2, -0.15) is 0 Å². The smallest absolute Gasteiger partial charge is 0.232 e. The van der Waals surface area contributed by atoms with Crippen molar-refractivity contribution in [3.8, 4) is 0 Å². The van der Waals surface area contributed by atoms with Crippen molar-refractivity contribution < 1.29 is 9.53 Å². The van der Waals surface area contributed by atoms with Crippen LogP contribution in [0.3, 0.4) is 0 Å². The summed E-state index contributed by atoms with van der Waals surface area (Å²) in [5.41, 5.74) is 3.86. The van der Waals surface area contributed by atoms with Gasteiger partial charge in [-0.1, -0.05) is 54.6 Å². The van der Waals surface area contributed by atoms with Crippen LogP contribution in [0.2, 0.25) is 0 Å². The van der Waals surface area contributed by atoms with Gasteiger partial charge in [0.15, 0.2) is 0 Å². The fourth-order valence-electron chi connectivity index (χ4n) is 2.87. The Kier molecular flexibility index (Phi) is 5.94. The fraction of sp³-hybridized carbons (Fsp3) is 0.350. The van der Waals surface area contributed by atoms with Crippen LogP contribution < -0.4 is 0 Å². The van der Waals surface area contributed by atoms with Gasteiger partial charge in [0.1, 0.15) is 0 Å². The molecule has 0 aliphatic carbocycles. The standard InChI is InChI=1S/C20H23NO2S/c1-21(20(22)15-24-14-16-7-3-2-4-8-16)12-19-11-17-9-5-6-10-18(17)13-23-19/h2-10,19H,11-15H2,1H3. The maximum Gasteiger partial charge on any atom is 0.232 e. The normalized spacial score (nSPS) is 16.5. The van der Waals surface area contributed by atoms with Gasteiger partial charge < -0.3 is 9.64 Å². The molecule has 1 aliphatic heterocycles. The van der Waals surface area contributed by atoms with Crippen LogP contribution in [0.5, 0.6) is 0 Å². The maximum atomic E-state index is 12.3. The van der Waals surface area contributed by atoms with Crippen molar-refractivity contribution in [3.63, 3.8) is 0 Å². The molecule has 1 aliphatic rings. The maximum absolute atomic E-state index is 12.3. The molecule has 1 atom stereocenters. The van der Waals surface area contributed by atoms with Crippen LogP contribution in [0.4, 0.5) is 0 Å². The molecule has 2 aromatic carbocycles. The van der Waals surface area contributed by atoms with Gasteiger partial charge in [-0.25, -0.2) is 0 Å². The van der Waals surface area contributed by atoms with E-state index in [2.05, 4.69) is 30.3 Å². The Bertz CT molecular complexity index is 674. The molecule has 0 saturated carbocycles. The highest BCUT2D eigenvalue weighted by atomic mass is 32.2. The van der Waals surface area contributed by atoms with Crippen LogP contribution in [-0.4, -0.2) is 36.3 Å². The highest BCUT2D eigenvalue weighted by Crippen LogP contribution is 2.21. The Morgan fingerprint density at radius 2 is 1.83 bits per heavy atom. The second-order valence-electron chi connectivity index (χ2n) is 6.16. The average Bonchev–Trinajstić information content (AvgIpc) is 2.62. The third kappa shape index (κ3) is 4.62. The number of rotatable bonds is 6. The molecule has 0 N–H and O–H groups in total. The lowest BCUT2D eigenvalue weighted by Crippen LogP contribution is -2.39. The molecule has 0 spiro atoms. The molecule has 3 nitrogen and oxygen atoms in total. The van der Waals surface area contributed by atoms with Gasteiger partial charge in [0.05, 0.1) is 18.5 Å². The molecule has 0 fully saturated rings. The molecular formula is C20H23NO2S. The van der Waals surface area contributed by atoms with Gasteiger partial charge in [0.2, 0.25) is 5.91 Å². The topological polar surface area (TPSA) is 29.5 Å². The number of amides is 1. The number of ether oxygens (including phenoxy) is 1. The van der Waals surface area contributed by atoms with Gasteiger partial charge in [-0.05, 0) is 16.7 Å². The van der Waals surface area contributed by atoms with Crippen molar-refractivity contribution in [1.29, 1.82) is 0 Å². The first-order valence-electron chi connectivity index (χ1n) is 8.26. The summed E-state index contributed by atoms with van der Waals surface area (Å²) in [6, 6.07) is 18.6. The monoisotopic (exact) mass is 341 g/mol. The number of hydrogen-bond acceptors (Lipinski definition) is 3. The van der Waals surface area contributed by atoms with Crippen LogP contribution in [0.15, 0.2) is 54.6 Å². The number of likely N-dealkylation sites (N-methyl/N-ethyl adjacent to an activating group) is 1. The molecule has 2 aromatic rings. The van der Waals surface area contributed by atoms with Crippen molar-refractivity contribution in [1.82, 2.24) is 4.90 Å². The van der Waals surface area contributed by atoms with Crippen LogP contribution in [-0.2, 0) is 28.3 Å². The molecule has 1 amide bonds. The number of hydrogen-bond donors (Lipinski definition) is 0. The van der Waals surface area contributed by atoms with E-state index >= 15 is 0 Å². The zero-order valence-electron chi connectivity index (χ0n) is 14.0. The molecular weight excluding hydrogens is 318 g/mol. The van der Waals surface area contributed by atoms with E-state index in [4.69, 9.17) is 4.74 Å². The molecule has 24 heavy (non-hydrogen) atoms. The van der Waals surface area contributed by atoms with Crippen LogP contribution in [0.1, 0.15) is 16.7 Å². The van der Waals surface area contributed by atoms with Crippen molar-refractivity contribution >= 4 is 17.7 Å². The first kappa shape index (κ1) is 17.1. The molecule has 1 unspecified atom stereocenters. The minimum Gasteiger partial charge on any atom is -0.371 e. The summed E-state index contributed by atoms with van der Waals surface area (Å²) in [7, 11) is 1.87. The first-order chi connectivity index (χ1) is 11.7. The third-order valence-electron chi connectivity index (χ3n) is 4.28. The van der Waals surface area contributed by atoms with E-state index < -0.39 is 0 Å². The molecule has 0 aromatic heterocycles. The Morgan fingerprint density at radius 1 is 1.12 bits per heavy atom. The largest absolute Gasteiger partial charge is 0.371 e. The van der Waals surface area contributed by atoms with E-state index in [0.717, 1.165) is 12.2 Å². The minimum absolute atomic E-state index is 0.0907. The number of thioether (sulfide) groups is 1. The molecule has 0 bridgehead atoms. The third-order valence-corrected chi connectivity index (χ3v) is 5.27. The highest BCUT2D eigenvalue weighted by Gasteiger charge is 2.21. The predicted octanol–water partition coefficient (Wildman–Crippen LogP) is 3.52. The number of nitrogens with zero attached hydrogens (tertiary/aromatic N) is 1. The predicted molar refractivity (Wildman–Crippen MR) is 99.0 cm³/mol. The van der Waals surface area contributed by atoms with Crippen LogP contribution >= 0.6 is 11.8 Å². The summed E-state index contributed by atoms with van der Waals surface area (Å²) in [4.78, 5) is 14.1. The van der Waals surface area contributed by atoms with Gasteiger partial charge in [-0.3, -0.25) is 4.79 Å². The van der Waals surface area contributed by atoms with Crippen molar-refractivity contribution in [2.24, 2.45) is 0 Å². The quantitative estimate of drug-likeness (QED) is 0.805. The number of benzene rings is 2. The zero-order valence-corrected chi connectivity index (χ0v) is 14.8. The van der Waals surface area contributed by atoms with Crippen molar-refractivity contribution in [3.05, 3.63) is 71.3 Å². The number of carbonyl (C=O) groups is 1. The minimum atomic E-state index is 0.0907.